The molecule has 1 aliphatic heterocycles. The van der Waals surface area contributed by atoms with Gasteiger partial charge in [0.25, 0.3) is 5.91 Å². The molecule has 1 unspecified atom stereocenters. The van der Waals surface area contributed by atoms with E-state index in [1.807, 2.05) is 6.07 Å². The first-order valence-electron chi connectivity index (χ1n) is 6.11. The highest BCUT2D eigenvalue weighted by Crippen LogP contribution is 2.19. The van der Waals surface area contributed by atoms with Crippen LogP contribution in [-0.4, -0.2) is 25.5 Å². The van der Waals surface area contributed by atoms with Crippen LogP contribution in [0.3, 0.4) is 0 Å². The fraction of sp³-hybridized carbons (Fsp3) is 0.462. The third kappa shape index (κ3) is 3.83. The minimum atomic E-state index is -0.0180. The van der Waals surface area contributed by atoms with E-state index in [4.69, 9.17) is 11.6 Å². The molecule has 0 aromatic heterocycles. The van der Waals surface area contributed by atoms with Crippen LogP contribution < -0.4 is 10.6 Å². The quantitative estimate of drug-likeness (QED) is 0.791. The molecule has 1 atom stereocenters. The maximum Gasteiger partial charge on any atom is 0.251 e. The van der Waals surface area contributed by atoms with Gasteiger partial charge in [-0.1, -0.05) is 11.6 Å². The highest BCUT2D eigenvalue weighted by molar-refractivity contribution is 14.1. The monoisotopic (exact) mass is 378 g/mol. The molecule has 18 heavy (non-hydrogen) atoms. The Morgan fingerprint density at radius 3 is 3.06 bits per heavy atom. The molecule has 0 spiro atoms. The minimum Gasteiger partial charge on any atom is -0.352 e. The number of benzene rings is 1. The van der Waals surface area contributed by atoms with Crippen molar-refractivity contribution in [2.24, 2.45) is 5.92 Å². The number of hydrogen-bond donors (Lipinski definition) is 2. The molecule has 3 nitrogen and oxygen atoms in total. The minimum absolute atomic E-state index is 0.0180. The number of amides is 1. The summed E-state index contributed by atoms with van der Waals surface area (Å²) in [4.78, 5) is 11.9. The molecular weight excluding hydrogens is 363 g/mol. The average molecular weight is 379 g/mol. The fourth-order valence-corrected chi connectivity index (χ4v) is 2.72. The van der Waals surface area contributed by atoms with Crippen molar-refractivity contribution in [3.63, 3.8) is 0 Å². The molecule has 0 radical (unpaired) electrons. The predicted octanol–water partition coefficient (Wildman–Crippen LogP) is 2.67. The van der Waals surface area contributed by atoms with Gasteiger partial charge in [0, 0.05) is 15.7 Å². The van der Waals surface area contributed by atoms with Crippen molar-refractivity contribution in [3.05, 3.63) is 32.4 Å². The van der Waals surface area contributed by atoms with Crippen molar-refractivity contribution in [3.8, 4) is 0 Å². The molecule has 1 fully saturated rings. The van der Waals surface area contributed by atoms with Crippen LogP contribution in [0, 0.1) is 9.49 Å². The summed E-state index contributed by atoms with van der Waals surface area (Å²) < 4.78 is 0.905. The Morgan fingerprint density at radius 1 is 1.56 bits per heavy atom. The third-order valence-corrected chi connectivity index (χ3v) is 4.72. The second-order valence-electron chi connectivity index (χ2n) is 4.53. The maximum atomic E-state index is 11.9. The topological polar surface area (TPSA) is 41.1 Å². The lowest BCUT2D eigenvalue weighted by Gasteiger charge is -2.09. The van der Waals surface area contributed by atoms with Gasteiger partial charge in [0.15, 0.2) is 0 Å². The highest BCUT2D eigenvalue weighted by atomic mass is 127. The van der Waals surface area contributed by atoms with Crippen molar-refractivity contribution < 1.29 is 4.79 Å². The van der Waals surface area contributed by atoms with Gasteiger partial charge < -0.3 is 10.6 Å². The van der Waals surface area contributed by atoms with Gasteiger partial charge >= 0.3 is 0 Å². The lowest BCUT2D eigenvalue weighted by atomic mass is 10.1. The van der Waals surface area contributed by atoms with Gasteiger partial charge in [-0.15, -0.1) is 0 Å². The number of carbonyl (C=O) groups is 1. The van der Waals surface area contributed by atoms with Gasteiger partial charge in [-0.3, -0.25) is 4.79 Å². The summed E-state index contributed by atoms with van der Waals surface area (Å²) >= 11 is 8.06. The zero-order valence-corrected chi connectivity index (χ0v) is 12.9. The standard InChI is InChI=1S/C13H16ClIN2O/c14-11-2-1-10(7-12(11)15)13(18)17-6-4-9-3-5-16-8-9/h1-2,7,9,16H,3-6,8H2,(H,17,18). The van der Waals surface area contributed by atoms with Crippen molar-refractivity contribution >= 4 is 40.1 Å². The molecule has 0 saturated carbocycles. The number of rotatable bonds is 4. The number of halogens is 2. The van der Waals surface area contributed by atoms with Crippen LogP contribution >= 0.6 is 34.2 Å². The van der Waals surface area contributed by atoms with E-state index in [-0.39, 0.29) is 5.91 Å². The summed E-state index contributed by atoms with van der Waals surface area (Å²) in [6.07, 6.45) is 2.26. The molecule has 1 amide bonds. The van der Waals surface area contributed by atoms with E-state index in [1.165, 1.54) is 6.42 Å². The highest BCUT2D eigenvalue weighted by Gasteiger charge is 2.14. The van der Waals surface area contributed by atoms with Crippen molar-refractivity contribution in [1.29, 1.82) is 0 Å². The van der Waals surface area contributed by atoms with Crippen LogP contribution in [0.2, 0.25) is 5.02 Å². The molecule has 1 saturated heterocycles. The predicted molar refractivity (Wildman–Crippen MR) is 82.1 cm³/mol. The SMILES string of the molecule is O=C(NCCC1CCNC1)c1ccc(Cl)c(I)c1. The molecule has 2 rings (SSSR count). The molecule has 1 aromatic carbocycles. The number of hydrogen-bond acceptors (Lipinski definition) is 2. The van der Waals surface area contributed by atoms with Crippen molar-refractivity contribution in [1.82, 2.24) is 10.6 Å². The second-order valence-corrected chi connectivity index (χ2v) is 6.10. The Hall–Kier alpha value is -0.330. The van der Waals surface area contributed by atoms with E-state index in [0.717, 1.165) is 29.6 Å². The van der Waals surface area contributed by atoms with Crippen LogP contribution in [0.1, 0.15) is 23.2 Å². The number of carbonyl (C=O) groups excluding carboxylic acids is 1. The first kappa shape index (κ1) is 14.1. The zero-order chi connectivity index (χ0) is 13.0. The van der Waals surface area contributed by atoms with Gasteiger partial charge in [0.2, 0.25) is 0 Å². The van der Waals surface area contributed by atoms with E-state index >= 15 is 0 Å². The zero-order valence-electron chi connectivity index (χ0n) is 10.0. The normalized spacial score (nSPS) is 18.9. The summed E-state index contributed by atoms with van der Waals surface area (Å²) in [5.41, 5.74) is 0.674. The summed E-state index contributed by atoms with van der Waals surface area (Å²) in [6, 6.07) is 5.34. The Bertz CT molecular complexity index is 433. The van der Waals surface area contributed by atoms with Gasteiger partial charge in [0.05, 0.1) is 5.02 Å². The molecule has 1 heterocycles. The summed E-state index contributed by atoms with van der Waals surface area (Å²) in [7, 11) is 0. The molecule has 0 aliphatic carbocycles. The Balaban J connectivity index is 1.81. The molecule has 5 heteroatoms. The van der Waals surface area contributed by atoms with Crippen molar-refractivity contribution in [2.45, 2.75) is 12.8 Å². The van der Waals surface area contributed by atoms with Gasteiger partial charge in [0.1, 0.15) is 0 Å². The molecular formula is C13H16ClIN2O. The summed E-state index contributed by atoms with van der Waals surface area (Å²) in [5, 5.41) is 6.97. The van der Waals surface area contributed by atoms with Gasteiger partial charge in [-0.25, -0.2) is 0 Å². The van der Waals surface area contributed by atoms with E-state index in [9.17, 15) is 4.79 Å². The van der Waals surface area contributed by atoms with E-state index in [0.29, 0.717) is 16.5 Å². The Labute approximate surface area is 126 Å². The van der Waals surface area contributed by atoms with Crippen LogP contribution in [0.4, 0.5) is 0 Å². The molecule has 0 bridgehead atoms. The smallest absolute Gasteiger partial charge is 0.251 e. The average Bonchev–Trinajstić information content (AvgIpc) is 2.85. The largest absolute Gasteiger partial charge is 0.352 e. The molecule has 2 N–H and O–H groups in total. The first-order chi connectivity index (χ1) is 8.66. The van der Waals surface area contributed by atoms with E-state index in [2.05, 4.69) is 33.2 Å². The first-order valence-corrected chi connectivity index (χ1v) is 7.56. The van der Waals surface area contributed by atoms with Crippen LogP contribution in [0.5, 0.6) is 0 Å². The van der Waals surface area contributed by atoms with Crippen LogP contribution in [0.15, 0.2) is 18.2 Å². The Kier molecular flexibility index (Phi) is 5.26. The summed E-state index contributed by atoms with van der Waals surface area (Å²) in [6.45, 7) is 2.92. The molecule has 98 valence electrons. The van der Waals surface area contributed by atoms with Crippen LogP contribution in [-0.2, 0) is 0 Å². The third-order valence-electron chi connectivity index (χ3n) is 3.18. The molecule has 1 aromatic rings. The van der Waals surface area contributed by atoms with Crippen LogP contribution in [0.25, 0.3) is 0 Å². The maximum absolute atomic E-state index is 11.9. The summed E-state index contributed by atoms with van der Waals surface area (Å²) in [5.74, 6) is 0.686. The van der Waals surface area contributed by atoms with Crippen molar-refractivity contribution in [2.75, 3.05) is 19.6 Å². The van der Waals surface area contributed by atoms with Gasteiger partial charge in [-0.05, 0) is 72.6 Å². The lowest BCUT2D eigenvalue weighted by molar-refractivity contribution is 0.0951. The van der Waals surface area contributed by atoms with Gasteiger partial charge in [-0.2, -0.15) is 0 Å². The van der Waals surface area contributed by atoms with E-state index < -0.39 is 0 Å². The van der Waals surface area contributed by atoms with E-state index in [1.54, 1.807) is 12.1 Å². The molecule has 1 aliphatic rings. The number of nitrogens with one attached hydrogen (secondary N) is 2. The second kappa shape index (κ2) is 6.73. The Morgan fingerprint density at radius 2 is 2.39 bits per heavy atom. The lowest BCUT2D eigenvalue weighted by Crippen LogP contribution is -2.26. The fourth-order valence-electron chi connectivity index (χ4n) is 2.09.